The van der Waals surface area contributed by atoms with Crippen LogP contribution in [0.3, 0.4) is 0 Å². The first kappa shape index (κ1) is 20.5. The fourth-order valence-electron chi connectivity index (χ4n) is 3.22. The smallest absolute Gasteiger partial charge is 0.227 e. The lowest BCUT2D eigenvalue weighted by atomic mass is 10.2. The molecule has 3 aromatic heterocycles. The molecule has 1 aromatic carbocycles. The lowest BCUT2D eigenvalue weighted by Gasteiger charge is -2.21. The lowest BCUT2D eigenvalue weighted by molar-refractivity contribution is 0.377. The average Bonchev–Trinajstić information content (AvgIpc) is 3.40. The van der Waals surface area contributed by atoms with E-state index in [0.29, 0.717) is 24.6 Å². The number of nitrogens with zero attached hydrogens (tertiary/aromatic N) is 7. The topological polar surface area (TPSA) is 85.2 Å². The van der Waals surface area contributed by atoms with Gasteiger partial charge in [-0.25, -0.2) is 0 Å². The van der Waals surface area contributed by atoms with Crippen molar-refractivity contribution in [3.8, 4) is 11.4 Å². The summed E-state index contributed by atoms with van der Waals surface area (Å²) in [6.07, 6.45) is 3.48. The molecule has 0 amide bonds. The third kappa shape index (κ3) is 4.51. The minimum Gasteiger partial charge on any atom is -0.355 e. The number of hydrogen-bond acceptors (Lipinski definition) is 7. The Labute approximate surface area is 183 Å². The molecule has 30 heavy (non-hydrogen) atoms. The number of aromatic nitrogens is 6. The predicted molar refractivity (Wildman–Crippen MR) is 118 cm³/mol. The number of benzene rings is 1. The van der Waals surface area contributed by atoms with E-state index in [4.69, 9.17) is 9.62 Å². The molecule has 156 valence electrons. The molecule has 0 fully saturated rings. The van der Waals surface area contributed by atoms with Gasteiger partial charge in [0.2, 0.25) is 11.7 Å². The quantitative estimate of drug-likeness (QED) is 0.360. The highest BCUT2D eigenvalue weighted by Crippen LogP contribution is 2.20. The second kappa shape index (κ2) is 9.34. The fraction of sp³-hybridized carbons (Fsp3) is 0.381. The van der Waals surface area contributed by atoms with Crippen molar-refractivity contribution in [2.24, 2.45) is 0 Å². The first-order valence-corrected chi connectivity index (χ1v) is 11.0. The van der Waals surface area contributed by atoms with E-state index in [1.165, 1.54) is 0 Å². The van der Waals surface area contributed by atoms with E-state index in [-0.39, 0.29) is 0 Å². The fourth-order valence-corrected chi connectivity index (χ4v) is 3.49. The van der Waals surface area contributed by atoms with E-state index in [1.54, 1.807) is 0 Å². The van der Waals surface area contributed by atoms with E-state index in [1.807, 2.05) is 40.9 Å². The zero-order valence-electron chi connectivity index (χ0n) is 17.1. The van der Waals surface area contributed by atoms with Crippen LogP contribution in [0.25, 0.3) is 17.0 Å². The van der Waals surface area contributed by atoms with E-state index >= 15 is 0 Å². The van der Waals surface area contributed by atoms with Crippen molar-refractivity contribution in [3.63, 3.8) is 0 Å². The van der Waals surface area contributed by atoms with Crippen molar-refractivity contribution in [3.05, 3.63) is 52.6 Å². The van der Waals surface area contributed by atoms with Crippen LogP contribution in [0.4, 0.5) is 5.82 Å². The number of rotatable bonds is 9. The molecule has 0 aliphatic rings. The Kier molecular flexibility index (Phi) is 6.37. The first-order valence-electron chi connectivity index (χ1n) is 10.2. The van der Waals surface area contributed by atoms with Crippen molar-refractivity contribution in [2.45, 2.75) is 39.5 Å². The van der Waals surface area contributed by atoms with Crippen LogP contribution in [0.2, 0.25) is 0 Å². The maximum absolute atomic E-state index is 5.42. The second-order valence-electron chi connectivity index (χ2n) is 7.03. The van der Waals surface area contributed by atoms with Gasteiger partial charge in [-0.3, -0.25) is 0 Å². The summed E-state index contributed by atoms with van der Waals surface area (Å²) in [5.41, 5.74) is 1.65. The van der Waals surface area contributed by atoms with E-state index in [0.717, 1.165) is 53.3 Å². The molecule has 4 aromatic rings. The normalized spacial score (nSPS) is 11.3. The van der Waals surface area contributed by atoms with Crippen molar-refractivity contribution in [1.29, 1.82) is 0 Å². The van der Waals surface area contributed by atoms with Crippen LogP contribution in [0, 0.1) is 0 Å². The van der Waals surface area contributed by atoms with Gasteiger partial charge in [0.15, 0.2) is 11.5 Å². The molecular formula is C21H24BrN7O. The summed E-state index contributed by atoms with van der Waals surface area (Å²) >= 11 is 3.43. The molecule has 0 aliphatic carbocycles. The molecule has 3 heterocycles. The zero-order chi connectivity index (χ0) is 20.9. The minimum absolute atomic E-state index is 0.568. The first-order chi connectivity index (χ1) is 14.7. The SMILES string of the molecule is CCCCN(CC)c1ccc2nnc(CCc3nc(-c4ccc(Br)cc4)no3)n2n1. The number of anilines is 1. The summed E-state index contributed by atoms with van der Waals surface area (Å²) in [4.78, 5) is 6.78. The second-order valence-corrected chi connectivity index (χ2v) is 7.95. The molecule has 0 unspecified atom stereocenters. The summed E-state index contributed by atoms with van der Waals surface area (Å²) < 4.78 is 8.25. The molecule has 0 bridgehead atoms. The molecule has 0 atom stereocenters. The number of hydrogen-bond donors (Lipinski definition) is 0. The van der Waals surface area contributed by atoms with Crippen LogP contribution in [0.15, 0.2) is 45.4 Å². The monoisotopic (exact) mass is 469 g/mol. The van der Waals surface area contributed by atoms with Gasteiger partial charge < -0.3 is 9.42 Å². The summed E-state index contributed by atoms with van der Waals surface area (Å²) in [6, 6.07) is 11.8. The molecule has 4 rings (SSSR count). The van der Waals surface area contributed by atoms with E-state index in [2.05, 4.69) is 55.0 Å². The van der Waals surface area contributed by atoms with Gasteiger partial charge in [-0.1, -0.05) is 34.4 Å². The van der Waals surface area contributed by atoms with Gasteiger partial charge in [0.05, 0.1) is 0 Å². The molecule has 0 saturated carbocycles. The van der Waals surface area contributed by atoms with Gasteiger partial charge in [0, 0.05) is 36.0 Å². The average molecular weight is 470 g/mol. The Morgan fingerprint density at radius 2 is 1.87 bits per heavy atom. The lowest BCUT2D eigenvalue weighted by Crippen LogP contribution is -2.25. The van der Waals surface area contributed by atoms with Gasteiger partial charge in [-0.05, 0) is 49.7 Å². The molecule has 8 nitrogen and oxygen atoms in total. The van der Waals surface area contributed by atoms with Crippen molar-refractivity contribution >= 4 is 27.4 Å². The molecule has 9 heteroatoms. The van der Waals surface area contributed by atoms with Crippen LogP contribution in [-0.4, -0.2) is 43.0 Å². The van der Waals surface area contributed by atoms with Crippen LogP contribution >= 0.6 is 15.9 Å². The van der Waals surface area contributed by atoms with Crippen LogP contribution in [-0.2, 0) is 12.8 Å². The summed E-state index contributed by atoms with van der Waals surface area (Å²) in [5, 5.41) is 17.4. The standard InChI is InChI=1S/C21H24BrN7O/c1-3-5-14-28(4-2)19-11-10-17-24-25-18(29(17)26-19)12-13-20-23-21(27-30-20)15-6-8-16(22)9-7-15/h6-11H,3-5,12-14H2,1-2H3. The number of aryl methyl sites for hydroxylation is 2. The third-order valence-corrected chi connectivity index (χ3v) is 5.46. The van der Waals surface area contributed by atoms with Gasteiger partial charge in [-0.15, -0.1) is 15.3 Å². The number of unbranched alkanes of at least 4 members (excludes halogenated alkanes) is 1. The van der Waals surface area contributed by atoms with Gasteiger partial charge in [-0.2, -0.15) is 9.50 Å². The highest BCUT2D eigenvalue weighted by atomic mass is 79.9. The van der Waals surface area contributed by atoms with E-state index < -0.39 is 0 Å². The molecule has 0 N–H and O–H groups in total. The summed E-state index contributed by atoms with van der Waals surface area (Å²) in [5.74, 6) is 2.87. The Hall–Kier alpha value is -2.81. The van der Waals surface area contributed by atoms with Gasteiger partial charge >= 0.3 is 0 Å². The molecule has 0 spiro atoms. The maximum Gasteiger partial charge on any atom is 0.227 e. The Morgan fingerprint density at radius 1 is 1.03 bits per heavy atom. The number of halogens is 1. The van der Waals surface area contributed by atoms with E-state index in [9.17, 15) is 0 Å². The van der Waals surface area contributed by atoms with Crippen molar-refractivity contribution < 1.29 is 4.52 Å². The van der Waals surface area contributed by atoms with Gasteiger partial charge in [0.1, 0.15) is 5.82 Å². The Balaban J connectivity index is 1.49. The van der Waals surface area contributed by atoms with Crippen molar-refractivity contribution in [2.75, 3.05) is 18.0 Å². The van der Waals surface area contributed by atoms with Crippen LogP contribution in [0.5, 0.6) is 0 Å². The number of fused-ring (bicyclic) bond motifs is 1. The third-order valence-electron chi connectivity index (χ3n) is 4.93. The molecule has 0 radical (unpaired) electrons. The van der Waals surface area contributed by atoms with Gasteiger partial charge in [0.25, 0.3) is 0 Å². The Morgan fingerprint density at radius 3 is 2.63 bits per heavy atom. The minimum atomic E-state index is 0.568. The van der Waals surface area contributed by atoms with Crippen molar-refractivity contribution in [1.82, 2.24) is 30.0 Å². The summed E-state index contributed by atoms with van der Waals surface area (Å²) in [7, 11) is 0. The maximum atomic E-state index is 5.42. The molecule has 0 aliphatic heterocycles. The zero-order valence-corrected chi connectivity index (χ0v) is 18.7. The molecular weight excluding hydrogens is 446 g/mol. The predicted octanol–water partition coefficient (Wildman–Crippen LogP) is 4.35. The van der Waals surface area contributed by atoms with Crippen LogP contribution < -0.4 is 4.90 Å². The molecule has 0 saturated heterocycles. The highest BCUT2D eigenvalue weighted by Gasteiger charge is 2.14. The Bertz CT molecular complexity index is 1110. The largest absolute Gasteiger partial charge is 0.355 e. The summed E-state index contributed by atoms with van der Waals surface area (Å²) in [6.45, 7) is 6.25. The highest BCUT2D eigenvalue weighted by molar-refractivity contribution is 9.10. The van der Waals surface area contributed by atoms with Crippen LogP contribution in [0.1, 0.15) is 38.4 Å².